The van der Waals surface area contributed by atoms with Crippen LogP contribution in [0.3, 0.4) is 0 Å². The fraction of sp³-hybridized carbons (Fsp3) is 0.227. The van der Waals surface area contributed by atoms with Crippen molar-refractivity contribution in [3.63, 3.8) is 0 Å². The highest BCUT2D eigenvalue weighted by atomic mass is 32.2. The van der Waals surface area contributed by atoms with E-state index in [9.17, 15) is 14.4 Å². The Morgan fingerprint density at radius 1 is 1.12 bits per heavy atom. The van der Waals surface area contributed by atoms with Crippen LogP contribution in [0.2, 0.25) is 0 Å². The Morgan fingerprint density at radius 2 is 1.81 bits per heavy atom. The lowest BCUT2D eigenvalue weighted by Crippen LogP contribution is -2.42. The van der Waals surface area contributed by atoms with E-state index >= 15 is 0 Å². The Bertz CT molecular complexity index is 1180. The zero-order valence-corrected chi connectivity index (χ0v) is 18.6. The first-order chi connectivity index (χ1) is 15.3. The number of aryl methyl sites for hydroxylation is 2. The van der Waals surface area contributed by atoms with Gasteiger partial charge in [0.15, 0.2) is 5.16 Å². The van der Waals surface area contributed by atoms with Crippen LogP contribution in [0.15, 0.2) is 64.9 Å². The first kappa shape index (κ1) is 21.6. The smallest absolute Gasteiger partial charge is 0.325 e. The number of carbonyl (C=O) groups excluding carboxylic acids is 3. The zero-order chi connectivity index (χ0) is 22.9. The van der Waals surface area contributed by atoms with Crippen LogP contribution in [0.5, 0.6) is 0 Å². The van der Waals surface area contributed by atoms with Crippen molar-refractivity contribution in [2.24, 2.45) is 7.05 Å². The highest BCUT2D eigenvalue weighted by Gasteiger charge is 2.49. The number of amides is 4. The molecule has 1 unspecified atom stereocenters. The predicted molar refractivity (Wildman–Crippen MR) is 119 cm³/mol. The molecule has 0 saturated carbocycles. The molecule has 1 aliphatic heterocycles. The Morgan fingerprint density at radius 3 is 2.44 bits per heavy atom. The summed E-state index contributed by atoms with van der Waals surface area (Å²) < 4.78 is 1.81. The Balaban J connectivity index is 1.39. The summed E-state index contributed by atoms with van der Waals surface area (Å²) >= 11 is 1.44. The lowest BCUT2D eigenvalue weighted by atomic mass is 9.91. The topological polar surface area (TPSA) is 109 Å². The van der Waals surface area contributed by atoms with Crippen molar-refractivity contribution >= 4 is 35.3 Å². The maximum Gasteiger partial charge on any atom is 0.325 e. The molecule has 1 aliphatic rings. The van der Waals surface area contributed by atoms with Crippen molar-refractivity contribution in [1.82, 2.24) is 25.0 Å². The molecule has 4 rings (SSSR count). The van der Waals surface area contributed by atoms with Gasteiger partial charge >= 0.3 is 6.03 Å². The van der Waals surface area contributed by atoms with Crippen LogP contribution < -0.4 is 10.6 Å². The van der Waals surface area contributed by atoms with Crippen LogP contribution >= 0.6 is 11.8 Å². The van der Waals surface area contributed by atoms with Crippen LogP contribution in [0.25, 0.3) is 0 Å². The highest BCUT2D eigenvalue weighted by Crippen LogP contribution is 2.29. The quantitative estimate of drug-likeness (QED) is 0.559. The van der Waals surface area contributed by atoms with Crippen LogP contribution in [-0.4, -0.2) is 44.1 Å². The van der Waals surface area contributed by atoms with Crippen LogP contribution in [-0.2, 0) is 22.2 Å². The third kappa shape index (κ3) is 4.22. The van der Waals surface area contributed by atoms with E-state index in [2.05, 4.69) is 20.8 Å². The van der Waals surface area contributed by atoms with Gasteiger partial charge in [0.2, 0.25) is 5.91 Å². The molecule has 164 valence electrons. The van der Waals surface area contributed by atoms with Crippen LogP contribution in [0.1, 0.15) is 18.1 Å². The van der Waals surface area contributed by atoms with E-state index in [4.69, 9.17) is 0 Å². The molecule has 0 spiro atoms. The number of carbonyl (C=O) groups is 3. The molecule has 3 aromatic rings. The first-order valence-corrected chi connectivity index (χ1v) is 10.7. The molecular weight excluding hydrogens is 428 g/mol. The van der Waals surface area contributed by atoms with Gasteiger partial charge in [0, 0.05) is 17.6 Å². The van der Waals surface area contributed by atoms with Crippen LogP contribution in [0, 0.1) is 6.92 Å². The Hall–Kier alpha value is -3.66. The van der Waals surface area contributed by atoms with Crippen molar-refractivity contribution in [2.75, 3.05) is 11.9 Å². The second-order valence-electron chi connectivity index (χ2n) is 7.71. The average molecular weight is 451 g/mol. The molecule has 32 heavy (non-hydrogen) atoms. The number of hydrogen-bond donors (Lipinski definition) is 2. The van der Waals surface area contributed by atoms with Crippen molar-refractivity contribution in [3.8, 4) is 0 Å². The maximum atomic E-state index is 13.0. The van der Waals surface area contributed by atoms with E-state index in [1.54, 1.807) is 37.5 Å². The fourth-order valence-corrected chi connectivity index (χ4v) is 4.11. The summed E-state index contributed by atoms with van der Waals surface area (Å²) in [6, 6.07) is 14.0. The lowest BCUT2D eigenvalue weighted by molar-refractivity contribution is -0.133. The molecule has 0 aliphatic carbocycles. The van der Waals surface area contributed by atoms with Crippen molar-refractivity contribution in [3.05, 3.63) is 66.0 Å². The third-order valence-corrected chi connectivity index (χ3v) is 6.28. The van der Waals surface area contributed by atoms with Crippen molar-refractivity contribution < 1.29 is 14.4 Å². The molecule has 10 heteroatoms. The van der Waals surface area contributed by atoms with Gasteiger partial charge in [0.1, 0.15) is 18.4 Å². The second kappa shape index (κ2) is 8.46. The van der Waals surface area contributed by atoms with Crippen molar-refractivity contribution in [2.45, 2.75) is 29.4 Å². The van der Waals surface area contributed by atoms with Gasteiger partial charge in [0.05, 0.1) is 0 Å². The summed E-state index contributed by atoms with van der Waals surface area (Å²) in [4.78, 5) is 39.8. The van der Waals surface area contributed by atoms with Gasteiger partial charge in [-0.15, -0.1) is 10.2 Å². The number of urea groups is 1. The summed E-state index contributed by atoms with van der Waals surface area (Å²) in [6.07, 6.45) is 1.62. The molecule has 4 amide bonds. The lowest BCUT2D eigenvalue weighted by Gasteiger charge is -2.22. The van der Waals surface area contributed by atoms with E-state index in [-0.39, 0.29) is 6.54 Å². The third-order valence-electron chi connectivity index (χ3n) is 5.22. The maximum absolute atomic E-state index is 13.0. The summed E-state index contributed by atoms with van der Waals surface area (Å²) in [6.45, 7) is 3.21. The summed E-state index contributed by atoms with van der Waals surface area (Å²) in [5.41, 5.74) is 1.07. The number of hydrogen-bond acceptors (Lipinski definition) is 6. The Labute approximate surface area is 189 Å². The normalized spacial score (nSPS) is 18.0. The zero-order valence-electron chi connectivity index (χ0n) is 17.8. The van der Waals surface area contributed by atoms with E-state index in [0.29, 0.717) is 11.3 Å². The summed E-state index contributed by atoms with van der Waals surface area (Å²) in [7, 11) is 1.86. The molecular formula is C22H22N6O3S. The number of imide groups is 1. The number of anilines is 1. The minimum Gasteiger partial charge on any atom is -0.325 e. The monoisotopic (exact) mass is 450 g/mol. The first-order valence-electron chi connectivity index (χ1n) is 9.89. The average Bonchev–Trinajstić information content (AvgIpc) is 3.26. The number of rotatable bonds is 6. The summed E-state index contributed by atoms with van der Waals surface area (Å²) in [5, 5.41) is 14.0. The number of aromatic nitrogens is 3. The minimum atomic E-state index is -1.20. The van der Waals surface area contributed by atoms with Gasteiger partial charge in [-0.3, -0.25) is 14.5 Å². The largest absolute Gasteiger partial charge is 0.325 e. The molecule has 9 nitrogen and oxygen atoms in total. The summed E-state index contributed by atoms with van der Waals surface area (Å²) in [5.74, 6) is -0.924. The SMILES string of the molecule is Cc1ccc(C2(C)NC(=O)N(CC(=O)Nc3ccc(Sc4nncn4C)cc3)C2=O)cc1. The van der Waals surface area contributed by atoms with Gasteiger partial charge in [0.25, 0.3) is 5.91 Å². The molecule has 0 radical (unpaired) electrons. The van der Waals surface area contributed by atoms with Gasteiger partial charge in [-0.05, 0) is 55.4 Å². The predicted octanol–water partition coefficient (Wildman–Crippen LogP) is 2.68. The van der Waals surface area contributed by atoms with Gasteiger partial charge < -0.3 is 15.2 Å². The molecule has 1 fully saturated rings. The van der Waals surface area contributed by atoms with Gasteiger partial charge in [-0.1, -0.05) is 29.8 Å². The molecule has 2 aromatic carbocycles. The van der Waals surface area contributed by atoms with Crippen molar-refractivity contribution in [1.29, 1.82) is 0 Å². The van der Waals surface area contributed by atoms with E-state index in [0.717, 1.165) is 20.5 Å². The van der Waals surface area contributed by atoms with E-state index < -0.39 is 23.4 Å². The molecule has 1 saturated heterocycles. The van der Waals surface area contributed by atoms with Crippen LogP contribution in [0.4, 0.5) is 10.5 Å². The Kier molecular flexibility index (Phi) is 5.70. The van der Waals surface area contributed by atoms with E-state index in [1.165, 1.54) is 11.8 Å². The number of nitrogens with one attached hydrogen (secondary N) is 2. The number of benzene rings is 2. The molecule has 2 heterocycles. The molecule has 1 atom stereocenters. The van der Waals surface area contributed by atoms with E-state index in [1.807, 2.05) is 42.8 Å². The molecule has 2 N–H and O–H groups in total. The second-order valence-corrected chi connectivity index (χ2v) is 8.75. The fourth-order valence-electron chi connectivity index (χ4n) is 3.34. The minimum absolute atomic E-state index is 0.373. The standard InChI is InChI=1S/C22H22N6O3S/c1-14-4-6-15(7-5-14)22(2)19(30)28(20(31)25-22)12-18(29)24-16-8-10-17(11-9-16)32-21-26-23-13-27(21)3/h4-11,13H,12H2,1-3H3,(H,24,29)(H,25,31). The molecule has 0 bridgehead atoms. The molecule has 1 aromatic heterocycles. The van der Waals surface area contributed by atoms with Gasteiger partial charge in [-0.25, -0.2) is 4.79 Å². The van der Waals surface area contributed by atoms with Gasteiger partial charge in [-0.2, -0.15) is 0 Å². The highest BCUT2D eigenvalue weighted by molar-refractivity contribution is 7.99. The number of nitrogens with zero attached hydrogens (tertiary/aromatic N) is 4.